The summed E-state index contributed by atoms with van der Waals surface area (Å²) in [4.78, 5) is 32.7. The molecule has 0 aromatic heterocycles. The van der Waals surface area contributed by atoms with Crippen LogP contribution in [0, 0.1) is 0 Å². The fraction of sp³-hybridized carbons (Fsp3) is 0.467. The van der Waals surface area contributed by atoms with E-state index in [0.717, 1.165) is 22.6 Å². The zero-order valence-electron chi connectivity index (χ0n) is 23.9. The molecule has 2 aromatic rings. The summed E-state index contributed by atoms with van der Waals surface area (Å²) < 4.78 is 21.9. The smallest absolute Gasteiger partial charge is 0.325 e. The van der Waals surface area contributed by atoms with E-state index in [1.165, 1.54) is 0 Å². The predicted octanol–water partition coefficient (Wildman–Crippen LogP) is 4.90. The molecule has 0 bridgehead atoms. The van der Waals surface area contributed by atoms with Gasteiger partial charge in [0.1, 0.15) is 23.0 Å². The van der Waals surface area contributed by atoms with Gasteiger partial charge in [0.05, 0.1) is 41.0 Å². The van der Waals surface area contributed by atoms with E-state index in [-0.39, 0.29) is 23.9 Å². The van der Waals surface area contributed by atoms with Gasteiger partial charge in [-0.3, -0.25) is 9.69 Å². The van der Waals surface area contributed by atoms with Crippen LogP contribution < -0.4 is 18.9 Å². The largest absolute Gasteiger partial charge is 0.497 e. The Balaban J connectivity index is 1.61. The van der Waals surface area contributed by atoms with Gasteiger partial charge in [-0.1, -0.05) is 13.0 Å². The Hall–Kier alpha value is -3.88. The van der Waals surface area contributed by atoms with Crippen molar-refractivity contribution in [1.29, 1.82) is 0 Å². The Morgan fingerprint density at radius 3 is 2.15 bits per heavy atom. The number of likely N-dealkylation sites (N-methyl/N-ethyl adjacent to an activating group) is 1. The lowest BCUT2D eigenvalue weighted by Crippen LogP contribution is -2.38. The highest BCUT2D eigenvalue weighted by Gasteiger charge is 2.43. The van der Waals surface area contributed by atoms with Gasteiger partial charge in [-0.05, 0) is 44.0 Å². The Labute approximate surface area is 230 Å². The zero-order valence-corrected chi connectivity index (χ0v) is 23.9. The number of ether oxygens (including phenoxy) is 4. The number of amides is 3. The summed E-state index contributed by atoms with van der Waals surface area (Å²) in [5.74, 6) is 2.50. The number of rotatable bonds is 10. The standard InChI is InChI=1S/C30H39N3O6/c1-8-31(29(34)20-13-22(36-4)16-23(14-20)37-5)11-10-25-26-12-19(3)28-21(15-24(38-6)17-27(28)39-7)18-33(26)30(35)32(25)9-2/h12-17,19,25H,8-11,18H2,1-7H3/t19-,25?/m0/s1. The predicted molar refractivity (Wildman–Crippen MR) is 149 cm³/mol. The number of urea groups is 1. The van der Waals surface area contributed by atoms with Crippen LogP contribution in [-0.4, -0.2) is 80.8 Å². The van der Waals surface area contributed by atoms with E-state index in [2.05, 4.69) is 13.0 Å². The summed E-state index contributed by atoms with van der Waals surface area (Å²) in [6.07, 6.45) is 2.79. The quantitative estimate of drug-likeness (QED) is 0.429. The first-order valence-electron chi connectivity index (χ1n) is 13.4. The number of carbonyl (C=O) groups excluding carboxylic acids is 2. The summed E-state index contributed by atoms with van der Waals surface area (Å²) in [6, 6.07) is 8.90. The molecule has 2 aliphatic heterocycles. The Morgan fingerprint density at radius 1 is 0.949 bits per heavy atom. The van der Waals surface area contributed by atoms with Gasteiger partial charge in [-0.2, -0.15) is 0 Å². The molecular formula is C30H39N3O6. The van der Waals surface area contributed by atoms with E-state index in [0.29, 0.717) is 55.4 Å². The molecule has 1 fully saturated rings. The second-order valence-corrected chi connectivity index (χ2v) is 9.73. The molecule has 1 saturated heterocycles. The monoisotopic (exact) mass is 537 g/mol. The molecule has 3 amide bonds. The minimum absolute atomic E-state index is 0.0255. The van der Waals surface area contributed by atoms with Gasteiger partial charge in [-0.15, -0.1) is 0 Å². The van der Waals surface area contributed by atoms with E-state index in [4.69, 9.17) is 18.9 Å². The van der Waals surface area contributed by atoms with Gasteiger partial charge in [0, 0.05) is 54.5 Å². The van der Waals surface area contributed by atoms with Crippen molar-refractivity contribution in [2.45, 2.75) is 45.7 Å². The average Bonchev–Trinajstić information content (AvgIpc) is 3.10. The van der Waals surface area contributed by atoms with Gasteiger partial charge < -0.3 is 28.7 Å². The molecule has 4 rings (SSSR count). The Kier molecular flexibility index (Phi) is 8.57. The summed E-state index contributed by atoms with van der Waals surface area (Å²) in [7, 11) is 6.41. The van der Waals surface area contributed by atoms with Crippen molar-refractivity contribution in [2.75, 3.05) is 48.1 Å². The number of benzene rings is 2. The first kappa shape index (κ1) is 28.1. The van der Waals surface area contributed by atoms with E-state index in [1.807, 2.05) is 35.8 Å². The number of carbonyl (C=O) groups is 2. The van der Waals surface area contributed by atoms with E-state index >= 15 is 0 Å². The number of allylic oxidation sites excluding steroid dienone is 1. The van der Waals surface area contributed by atoms with Gasteiger partial charge >= 0.3 is 6.03 Å². The maximum atomic E-state index is 13.6. The molecule has 2 aliphatic rings. The SMILES string of the molecule is CCN(CCC1C2=C[C@H](C)c3c(cc(OC)cc3OC)CN2C(=O)N1CC)C(=O)c1cc(OC)cc(OC)c1. The van der Waals surface area contributed by atoms with Crippen LogP contribution in [-0.2, 0) is 6.54 Å². The molecule has 210 valence electrons. The summed E-state index contributed by atoms with van der Waals surface area (Å²) in [6.45, 7) is 8.12. The summed E-state index contributed by atoms with van der Waals surface area (Å²) >= 11 is 0. The van der Waals surface area contributed by atoms with Crippen LogP contribution in [0.1, 0.15) is 54.6 Å². The van der Waals surface area contributed by atoms with Crippen LogP contribution in [0.15, 0.2) is 42.1 Å². The van der Waals surface area contributed by atoms with Crippen LogP contribution in [0.25, 0.3) is 0 Å². The Morgan fingerprint density at radius 2 is 1.59 bits per heavy atom. The highest BCUT2D eigenvalue weighted by atomic mass is 16.5. The molecule has 1 unspecified atom stereocenters. The molecular weight excluding hydrogens is 498 g/mol. The third kappa shape index (κ3) is 5.35. The number of methoxy groups -OCH3 is 4. The van der Waals surface area contributed by atoms with Crippen molar-refractivity contribution >= 4 is 11.9 Å². The van der Waals surface area contributed by atoms with Crippen molar-refractivity contribution in [3.63, 3.8) is 0 Å². The van der Waals surface area contributed by atoms with Crippen molar-refractivity contribution in [3.05, 3.63) is 58.8 Å². The molecule has 2 aromatic carbocycles. The van der Waals surface area contributed by atoms with E-state index in [9.17, 15) is 9.59 Å². The molecule has 2 atom stereocenters. The van der Waals surface area contributed by atoms with E-state index in [1.54, 1.807) is 51.5 Å². The lowest BCUT2D eigenvalue weighted by Gasteiger charge is -2.27. The number of hydrogen-bond acceptors (Lipinski definition) is 6. The first-order valence-corrected chi connectivity index (χ1v) is 13.4. The zero-order chi connectivity index (χ0) is 28.3. The van der Waals surface area contributed by atoms with Gasteiger partial charge in [0.15, 0.2) is 0 Å². The van der Waals surface area contributed by atoms with Crippen molar-refractivity contribution in [3.8, 4) is 23.0 Å². The van der Waals surface area contributed by atoms with Crippen molar-refractivity contribution in [1.82, 2.24) is 14.7 Å². The fourth-order valence-corrected chi connectivity index (χ4v) is 5.65. The maximum absolute atomic E-state index is 13.6. The van der Waals surface area contributed by atoms with Gasteiger partial charge in [0.25, 0.3) is 5.91 Å². The fourth-order valence-electron chi connectivity index (χ4n) is 5.65. The average molecular weight is 538 g/mol. The third-order valence-corrected chi connectivity index (χ3v) is 7.65. The van der Waals surface area contributed by atoms with Crippen molar-refractivity contribution < 1.29 is 28.5 Å². The molecule has 0 N–H and O–H groups in total. The third-order valence-electron chi connectivity index (χ3n) is 7.65. The molecule has 2 heterocycles. The van der Waals surface area contributed by atoms with Crippen LogP contribution >= 0.6 is 0 Å². The highest BCUT2D eigenvalue weighted by molar-refractivity contribution is 5.95. The lowest BCUT2D eigenvalue weighted by molar-refractivity contribution is 0.0754. The minimum atomic E-state index is -0.145. The molecule has 0 saturated carbocycles. The summed E-state index contributed by atoms with van der Waals surface area (Å²) in [5.41, 5.74) is 3.54. The Bertz CT molecular complexity index is 1240. The topological polar surface area (TPSA) is 80.8 Å². The van der Waals surface area contributed by atoms with Crippen LogP contribution in [0.4, 0.5) is 4.79 Å². The van der Waals surface area contributed by atoms with Gasteiger partial charge in [0.2, 0.25) is 0 Å². The van der Waals surface area contributed by atoms with Gasteiger partial charge in [-0.25, -0.2) is 4.79 Å². The summed E-state index contributed by atoms with van der Waals surface area (Å²) in [5, 5.41) is 0. The number of hydrogen-bond donors (Lipinski definition) is 0. The molecule has 0 spiro atoms. The molecule has 0 radical (unpaired) electrons. The van der Waals surface area contributed by atoms with Crippen LogP contribution in [0.2, 0.25) is 0 Å². The first-order chi connectivity index (χ1) is 18.8. The molecule has 0 aliphatic carbocycles. The second kappa shape index (κ2) is 11.9. The molecule has 9 heteroatoms. The van der Waals surface area contributed by atoms with Crippen molar-refractivity contribution in [2.24, 2.45) is 0 Å². The van der Waals surface area contributed by atoms with E-state index < -0.39 is 0 Å². The second-order valence-electron chi connectivity index (χ2n) is 9.73. The molecule has 39 heavy (non-hydrogen) atoms. The molecule has 9 nitrogen and oxygen atoms in total. The minimum Gasteiger partial charge on any atom is -0.497 e. The maximum Gasteiger partial charge on any atom is 0.325 e. The van der Waals surface area contributed by atoms with Crippen LogP contribution in [0.5, 0.6) is 23.0 Å². The normalized spacial score (nSPS) is 18.1. The van der Waals surface area contributed by atoms with Crippen LogP contribution in [0.3, 0.4) is 0 Å². The lowest BCUT2D eigenvalue weighted by atomic mass is 9.93. The number of fused-ring (bicyclic) bond motifs is 2. The number of nitrogens with zero attached hydrogens (tertiary/aromatic N) is 3. The highest BCUT2D eigenvalue weighted by Crippen LogP contribution is 2.42.